The zero-order valence-corrected chi connectivity index (χ0v) is 19.8. The number of hydrogen-bond donors (Lipinski definition) is 2. The molecular weight excluding hydrogens is 374 g/mol. The topological polar surface area (TPSA) is 43.8 Å². The van der Waals surface area contributed by atoms with Crippen LogP contribution in [0.3, 0.4) is 0 Å². The van der Waals surface area contributed by atoms with Crippen LogP contribution in [0.4, 0.5) is 0 Å². The Morgan fingerprint density at radius 3 is 2.24 bits per heavy atom. The molecule has 0 bridgehead atoms. The molecule has 1 aliphatic carbocycles. The monoisotopic (exact) mass is 413 g/mol. The lowest BCUT2D eigenvalue weighted by molar-refractivity contribution is 0.410. The first kappa shape index (κ1) is 23.8. The van der Waals surface area contributed by atoms with E-state index in [0.29, 0.717) is 0 Å². The first-order valence-corrected chi connectivity index (χ1v) is 11.6. The molecule has 29 heavy (non-hydrogen) atoms. The van der Waals surface area contributed by atoms with Gasteiger partial charge >= 0.3 is 0 Å². The van der Waals surface area contributed by atoms with Crippen molar-refractivity contribution in [3.8, 4) is 0 Å². The third-order valence-electron chi connectivity index (χ3n) is 5.44. The van der Waals surface area contributed by atoms with Crippen LogP contribution in [0.1, 0.15) is 76.8 Å². The molecule has 0 aromatic carbocycles. The molecule has 0 saturated carbocycles. The Morgan fingerprint density at radius 2 is 1.62 bits per heavy atom. The van der Waals surface area contributed by atoms with Gasteiger partial charge in [-0.05, 0) is 38.3 Å². The van der Waals surface area contributed by atoms with Crippen molar-refractivity contribution in [2.24, 2.45) is 18.7 Å². The van der Waals surface area contributed by atoms with Crippen LogP contribution < -0.4 is 5.73 Å². The van der Waals surface area contributed by atoms with Gasteiger partial charge in [-0.25, -0.2) is 0 Å². The normalized spacial score (nSPS) is 17.9. The maximum absolute atomic E-state index is 5.09. The Morgan fingerprint density at radius 1 is 1.03 bits per heavy atom. The van der Waals surface area contributed by atoms with Gasteiger partial charge in [0.2, 0.25) is 0 Å². The van der Waals surface area contributed by atoms with E-state index in [9.17, 15) is 0 Å². The molecule has 0 saturated heterocycles. The zero-order valence-electron chi connectivity index (χ0n) is 18.9. The largest absolute Gasteiger partial charge is 0.356 e. The average Bonchev–Trinajstić information content (AvgIpc) is 2.98. The Bertz CT molecular complexity index is 839. The van der Waals surface area contributed by atoms with Gasteiger partial charge in [0.25, 0.3) is 0 Å². The molecule has 2 aromatic rings. The lowest BCUT2D eigenvalue weighted by Crippen LogP contribution is -2.05. The van der Waals surface area contributed by atoms with Gasteiger partial charge in [0.05, 0.1) is 11.4 Å². The highest BCUT2D eigenvalue weighted by molar-refractivity contribution is 7.82. The van der Waals surface area contributed by atoms with Crippen molar-refractivity contribution in [1.29, 1.82) is 0 Å². The van der Waals surface area contributed by atoms with Gasteiger partial charge in [0.15, 0.2) is 0 Å². The number of aromatic nitrogens is 2. The maximum atomic E-state index is 5.09. The van der Waals surface area contributed by atoms with E-state index in [0.717, 1.165) is 24.6 Å². The highest BCUT2D eigenvalue weighted by Crippen LogP contribution is 2.33. The number of aryl methyl sites for hydroxylation is 2. The standard InChI is InChI=1S/C23H32N2S.C2H7N/c1-5-7-17(8-6-2)9-10-21-20-16-25(4)15-19(20)18-11-13-23(3,26)14-12-22(18)24-21;1-2-3/h11-17,26H,5-10H2,1-4H3;2-3H2,1H3. The second-order valence-corrected chi connectivity index (χ2v) is 9.35. The van der Waals surface area contributed by atoms with Crippen LogP contribution in [-0.2, 0) is 13.5 Å². The third kappa shape index (κ3) is 6.48. The molecule has 4 heteroatoms. The zero-order chi connectivity index (χ0) is 21.4. The molecule has 1 aliphatic rings. The van der Waals surface area contributed by atoms with Crippen molar-refractivity contribution in [3.63, 3.8) is 0 Å². The minimum Gasteiger partial charge on any atom is -0.356 e. The Balaban J connectivity index is 0.000000941. The molecule has 3 nitrogen and oxygen atoms in total. The van der Waals surface area contributed by atoms with Gasteiger partial charge in [-0.3, -0.25) is 4.98 Å². The molecule has 0 spiro atoms. The van der Waals surface area contributed by atoms with Crippen LogP contribution in [0.25, 0.3) is 22.9 Å². The van der Waals surface area contributed by atoms with Crippen molar-refractivity contribution in [3.05, 3.63) is 41.5 Å². The van der Waals surface area contributed by atoms with Crippen molar-refractivity contribution < 1.29 is 0 Å². The molecule has 2 heterocycles. The van der Waals surface area contributed by atoms with E-state index >= 15 is 0 Å². The number of hydrogen-bond acceptors (Lipinski definition) is 3. The molecule has 1 unspecified atom stereocenters. The van der Waals surface area contributed by atoms with Crippen molar-refractivity contribution in [2.75, 3.05) is 6.54 Å². The van der Waals surface area contributed by atoms with Gasteiger partial charge in [0.1, 0.15) is 0 Å². The van der Waals surface area contributed by atoms with E-state index in [-0.39, 0.29) is 4.75 Å². The minimum atomic E-state index is -0.227. The van der Waals surface area contributed by atoms with Crippen LogP contribution in [0.15, 0.2) is 24.5 Å². The van der Waals surface area contributed by atoms with E-state index in [1.165, 1.54) is 54.1 Å². The number of fused-ring (bicyclic) bond motifs is 3. The summed E-state index contributed by atoms with van der Waals surface area (Å²) < 4.78 is 1.93. The van der Waals surface area contributed by atoms with E-state index in [4.69, 9.17) is 23.3 Å². The Hall–Kier alpha value is -1.52. The third-order valence-corrected chi connectivity index (χ3v) is 5.74. The summed E-state index contributed by atoms with van der Waals surface area (Å²) in [6.45, 7) is 9.35. The van der Waals surface area contributed by atoms with Crippen LogP contribution >= 0.6 is 12.6 Å². The van der Waals surface area contributed by atoms with Crippen molar-refractivity contribution in [2.45, 2.75) is 71.0 Å². The quantitative estimate of drug-likeness (QED) is 0.515. The summed E-state index contributed by atoms with van der Waals surface area (Å²) >= 11 is 4.72. The van der Waals surface area contributed by atoms with Gasteiger partial charge in [0, 0.05) is 40.5 Å². The number of nitrogens with zero attached hydrogens (tertiary/aromatic N) is 2. The van der Waals surface area contributed by atoms with E-state index < -0.39 is 0 Å². The lowest BCUT2D eigenvalue weighted by Gasteiger charge is -2.16. The maximum Gasteiger partial charge on any atom is 0.0709 e. The van der Waals surface area contributed by atoms with Gasteiger partial charge < -0.3 is 10.3 Å². The predicted molar refractivity (Wildman–Crippen MR) is 133 cm³/mol. The molecule has 2 N–H and O–H groups in total. The smallest absolute Gasteiger partial charge is 0.0709 e. The number of nitrogens with two attached hydrogens (primary N) is 1. The molecule has 1 atom stereocenters. The Kier molecular flexibility index (Phi) is 9.04. The SMILES string of the molecule is CCCC(CCC)CCc1nc2c(c3cn(C)cc13)C=CC(C)(S)C=C2.CCN. The number of thiol groups is 1. The molecule has 0 fully saturated rings. The van der Waals surface area contributed by atoms with Gasteiger partial charge in [-0.1, -0.05) is 64.7 Å². The first-order valence-electron chi connectivity index (χ1n) is 11.1. The molecule has 0 aliphatic heterocycles. The van der Waals surface area contributed by atoms with Crippen LogP contribution in [0.5, 0.6) is 0 Å². The van der Waals surface area contributed by atoms with Gasteiger partial charge in [-0.2, -0.15) is 12.6 Å². The summed E-state index contributed by atoms with van der Waals surface area (Å²) in [4.78, 5) is 5.09. The van der Waals surface area contributed by atoms with E-state index in [1.54, 1.807) is 0 Å². The fraction of sp³-hybridized carbons (Fsp3) is 0.560. The summed E-state index contributed by atoms with van der Waals surface area (Å²) in [6.07, 6.45) is 20.6. The molecular formula is C25H39N3S. The number of pyridine rings is 1. The highest BCUT2D eigenvalue weighted by Gasteiger charge is 2.19. The summed E-state index contributed by atoms with van der Waals surface area (Å²) in [5, 5.41) is 2.61. The molecule has 2 aromatic heterocycles. The fourth-order valence-electron chi connectivity index (χ4n) is 4.07. The summed E-state index contributed by atoms with van der Waals surface area (Å²) in [7, 11) is 2.10. The molecule has 3 rings (SSSR count). The summed E-state index contributed by atoms with van der Waals surface area (Å²) in [5.74, 6) is 0.820. The molecule has 0 amide bonds. The number of rotatable bonds is 7. The highest BCUT2D eigenvalue weighted by atomic mass is 32.1. The second-order valence-electron chi connectivity index (χ2n) is 8.39. The minimum absolute atomic E-state index is 0.227. The predicted octanol–water partition coefficient (Wildman–Crippen LogP) is 6.42. The van der Waals surface area contributed by atoms with Crippen molar-refractivity contribution >= 4 is 35.6 Å². The average molecular weight is 414 g/mol. The second kappa shape index (κ2) is 11.0. The van der Waals surface area contributed by atoms with Crippen LogP contribution in [0, 0.1) is 5.92 Å². The molecule has 0 radical (unpaired) electrons. The van der Waals surface area contributed by atoms with E-state index in [1.807, 2.05) is 6.92 Å². The fourth-order valence-corrected chi connectivity index (χ4v) is 4.22. The van der Waals surface area contributed by atoms with Crippen LogP contribution in [0.2, 0.25) is 0 Å². The first-order chi connectivity index (χ1) is 13.8. The molecule has 160 valence electrons. The lowest BCUT2D eigenvalue weighted by atomic mass is 9.91. The van der Waals surface area contributed by atoms with Crippen LogP contribution in [-0.4, -0.2) is 20.8 Å². The Labute approximate surface area is 182 Å². The summed E-state index contributed by atoms with van der Waals surface area (Å²) in [6, 6.07) is 0. The van der Waals surface area contributed by atoms with Crippen molar-refractivity contribution in [1.82, 2.24) is 9.55 Å². The van der Waals surface area contributed by atoms with Gasteiger partial charge in [-0.15, -0.1) is 0 Å². The van der Waals surface area contributed by atoms with E-state index in [2.05, 4.69) is 69.1 Å². The summed E-state index contributed by atoms with van der Waals surface area (Å²) in [5.41, 5.74) is 8.39.